The minimum atomic E-state index is -3.98. The lowest BCUT2D eigenvalue weighted by Crippen LogP contribution is -2.27. The average molecular weight is 535 g/mol. The Morgan fingerprint density at radius 2 is 1.77 bits per heavy atom. The Bertz CT molecular complexity index is 1350. The third kappa shape index (κ3) is 5.54. The Morgan fingerprint density at radius 1 is 1.09 bits per heavy atom. The Hall–Kier alpha value is -2.85. The summed E-state index contributed by atoms with van der Waals surface area (Å²) < 4.78 is 32.5. The molecule has 3 aromatic rings. The van der Waals surface area contributed by atoms with Gasteiger partial charge in [0.15, 0.2) is 0 Å². The van der Waals surface area contributed by atoms with Gasteiger partial charge < -0.3 is 14.6 Å². The highest BCUT2D eigenvalue weighted by atomic mass is 35.5. The molecule has 1 aromatic heterocycles. The Labute approximate surface area is 214 Å². The van der Waals surface area contributed by atoms with E-state index in [1.807, 2.05) is 24.3 Å². The normalized spacial score (nSPS) is 13.6. The minimum Gasteiger partial charge on any atom is -0.467 e. The third-order valence-electron chi connectivity index (χ3n) is 5.53. The van der Waals surface area contributed by atoms with Crippen LogP contribution in [0.4, 0.5) is 0 Å². The number of sulfonamides is 1. The molecule has 0 bridgehead atoms. The van der Waals surface area contributed by atoms with Crippen LogP contribution in [-0.2, 0) is 23.1 Å². The number of amidine groups is 1. The Morgan fingerprint density at radius 3 is 2.40 bits per heavy atom. The summed E-state index contributed by atoms with van der Waals surface area (Å²) in [7, 11) is -0.889. The molecule has 0 fully saturated rings. The van der Waals surface area contributed by atoms with Crippen LogP contribution in [0.1, 0.15) is 27.2 Å². The summed E-state index contributed by atoms with van der Waals surface area (Å²) >= 11 is 12.2. The molecule has 1 aliphatic rings. The lowest BCUT2D eigenvalue weighted by Gasteiger charge is -2.18. The number of benzene rings is 2. The molecule has 2 aromatic carbocycles. The SMILES string of the molecule is CN(Cc1ccc(C2=NCCN2)cc1)C(=O)c1coc(CN(C)S(=O)(=O)c2c(Cl)cccc2Cl)c1. The maximum Gasteiger partial charge on any atom is 0.257 e. The van der Waals surface area contributed by atoms with E-state index in [1.54, 1.807) is 18.0 Å². The van der Waals surface area contributed by atoms with Crippen LogP contribution >= 0.6 is 23.2 Å². The monoisotopic (exact) mass is 534 g/mol. The molecule has 0 saturated heterocycles. The van der Waals surface area contributed by atoms with E-state index in [0.717, 1.165) is 34.4 Å². The number of amides is 1. The van der Waals surface area contributed by atoms with Crippen molar-refractivity contribution in [1.82, 2.24) is 14.5 Å². The highest BCUT2D eigenvalue weighted by Gasteiger charge is 2.27. The predicted octanol–water partition coefficient (Wildman–Crippen LogP) is 4.03. The van der Waals surface area contributed by atoms with E-state index < -0.39 is 10.0 Å². The molecule has 0 spiro atoms. The molecule has 0 aliphatic carbocycles. The standard InChI is InChI=1S/C24H24Cl2N4O4S/c1-29(13-16-6-8-17(9-7-16)23-27-10-11-28-23)24(31)18-12-19(34-15-18)14-30(2)35(32,33)22-20(25)4-3-5-21(22)26/h3-9,12,15H,10-11,13-14H2,1-2H3,(H,27,28). The van der Waals surface area contributed by atoms with Crippen molar-refractivity contribution >= 4 is 45.0 Å². The Balaban J connectivity index is 1.40. The number of carbonyl (C=O) groups is 1. The number of halogens is 2. The molecule has 0 radical (unpaired) electrons. The van der Waals surface area contributed by atoms with Gasteiger partial charge in [-0.2, -0.15) is 4.31 Å². The van der Waals surface area contributed by atoms with Crippen LogP contribution in [0.25, 0.3) is 0 Å². The summed E-state index contributed by atoms with van der Waals surface area (Å²) in [4.78, 5) is 18.7. The fourth-order valence-corrected chi connectivity index (χ4v) is 5.91. The highest BCUT2D eigenvalue weighted by Crippen LogP contribution is 2.31. The molecule has 0 saturated carbocycles. The zero-order valence-electron chi connectivity index (χ0n) is 19.2. The van der Waals surface area contributed by atoms with Crippen molar-refractivity contribution in [3.05, 3.63) is 87.3 Å². The van der Waals surface area contributed by atoms with Crippen molar-refractivity contribution < 1.29 is 17.6 Å². The van der Waals surface area contributed by atoms with Crippen molar-refractivity contribution in [1.29, 1.82) is 0 Å². The topological polar surface area (TPSA) is 95.2 Å². The number of nitrogens with zero attached hydrogens (tertiary/aromatic N) is 3. The molecule has 8 nitrogen and oxygen atoms in total. The number of furan rings is 1. The van der Waals surface area contributed by atoms with Gasteiger partial charge >= 0.3 is 0 Å². The number of carbonyl (C=O) groups excluding carboxylic acids is 1. The van der Waals surface area contributed by atoms with E-state index in [9.17, 15) is 13.2 Å². The number of nitrogens with one attached hydrogen (secondary N) is 1. The van der Waals surface area contributed by atoms with Crippen molar-refractivity contribution in [3.63, 3.8) is 0 Å². The van der Waals surface area contributed by atoms with Gasteiger partial charge in [0.25, 0.3) is 5.91 Å². The van der Waals surface area contributed by atoms with Crippen LogP contribution in [-0.4, -0.2) is 56.6 Å². The van der Waals surface area contributed by atoms with Gasteiger partial charge in [-0.25, -0.2) is 8.42 Å². The first-order valence-electron chi connectivity index (χ1n) is 10.8. The summed E-state index contributed by atoms with van der Waals surface area (Å²) in [6.45, 7) is 1.92. The lowest BCUT2D eigenvalue weighted by molar-refractivity contribution is 0.0784. The highest BCUT2D eigenvalue weighted by molar-refractivity contribution is 7.89. The van der Waals surface area contributed by atoms with Crippen molar-refractivity contribution in [2.75, 3.05) is 27.2 Å². The summed E-state index contributed by atoms with van der Waals surface area (Å²) in [6, 6.07) is 13.9. The van der Waals surface area contributed by atoms with Crippen LogP contribution in [0, 0.1) is 0 Å². The van der Waals surface area contributed by atoms with Crippen LogP contribution in [0.5, 0.6) is 0 Å². The zero-order valence-corrected chi connectivity index (χ0v) is 21.5. The largest absolute Gasteiger partial charge is 0.467 e. The van der Waals surface area contributed by atoms with Crippen molar-refractivity contribution in [2.45, 2.75) is 18.0 Å². The molecule has 1 N–H and O–H groups in total. The second kappa shape index (κ2) is 10.4. The van der Waals surface area contributed by atoms with Crippen molar-refractivity contribution in [2.24, 2.45) is 4.99 Å². The maximum atomic E-state index is 13.0. The molecule has 184 valence electrons. The molecule has 35 heavy (non-hydrogen) atoms. The van der Waals surface area contributed by atoms with Gasteiger partial charge in [0.1, 0.15) is 22.8 Å². The molecule has 0 atom stereocenters. The van der Waals surface area contributed by atoms with Gasteiger partial charge in [-0.3, -0.25) is 9.79 Å². The van der Waals surface area contributed by atoms with Crippen LogP contribution in [0.2, 0.25) is 10.0 Å². The summed E-state index contributed by atoms with van der Waals surface area (Å²) in [5.41, 5.74) is 2.30. The van der Waals surface area contributed by atoms with E-state index >= 15 is 0 Å². The minimum absolute atomic E-state index is 0.0295. The predicted molar refractivity (Wildman–Crippen MR) is 135 cm³/mol. The number of hydrogen-bond donors (Lipinski definition) is 1. The van der Waals surface area contributed by atoms with Gasteiger partial charge in [-0.05, 0) is 23.8 Å². The second-order valence-electron chi connectivity index (χ2n) is 8.13. The first-order valence-corrected chi connectivity index (χ1v) is 13.0. The van der Waals surface area contributed by atoms with Gasteiger partial charge in [0.2, 0.25) is 10.0 Å². The summed E-state index contributed by atoms with van der Waals surface area (Å²) in [5.74, 6) is 0.950. The Kier molecular flexibility index (Phi) is 7.51. The van der Waals surface area contributed by atoms with Crippen LogP contribution < -0.4 is 5.32 Å². The molecule has 11 heteroatoms. The molecule has 1 aliphatic heterocycles. The van der Waals surface area contributed by atoms with E-state index in [1.165, 1.54) is 31.5 Å². The number of aliphatic imine (C=N–C) groups is 1. The van der Waals surface area contributed by atoms with E-state index in [2.05, 4.69) is 10.3 Å². The second-order valence-corrected chi connectivity index (χ2v) is 10.9. The summed E-state index contributed by atoms with van der Waals surface area (Å²) in [5, 5.41) is 3.29. The quantitative estimate of drug-likeness (QED) is 0.470. The molecule has 2 heterocycles. The van der Waals surface area contributed by atoms with E-state index in [-0.39, 0.29) is 27.4 Å². The van der Waals surface area contributed by atoms with Gasteiger partial charge in [-0.15, -0.1) is 0 Å². The number of hydrogen-bond acceptors (Lipinski definition) is 6. The smallest absolute Gasteiger partial charge is 0.257 e. The molecule has 1 amide bonds. The fourth-order valence-electron chi connectivity index (χ4n) is 3.69. The maximum absolute atomic E-state index is 13.0. The average Bonchev–Trinajstić information content (AvgIpc) is 3.51. The van der Waals surface area contributed by atoms with Crippen LogP contribution in [0.15, 0.2) is 69.1 Å². The van der Waals surface area contributed by atoms with Gasteiger partial charge in [-0.1, -0.05) is 53.5 Å². The van der Waals surface area contributed by atoms with Crippen molar-refractivity contribution in [3.8, 4) is 0 Å². The molecular formula is C24H24Cl2N4O4S. The lowest BCUT2D eigenvalue weighted by atomic mass is 10.1. The first-order chi connectivity index (χ1) is 16.7. The van der Waals surface area contributed by atoms with E-state index in [0.29, 0.717) is 17.9 Å². The number of rotatable bonds is 8. The first kappa shape index (κ1) is 25.2. The third-order valence-corrected chi connectivity index (χ3v) is 8.29. The molecule has 0 unspecified atom stereocenters. The van der Waals surface area contributed by atoms with Crippen LogP contribution in [0.3, 0.4) is 0 Å². The summed E-state index contributed by atoms with van der Waals surface area (Å²) in [6.07, 6.45) is 1.32. The van der Waals surface area contributed by atoms with E-state index in [4.69, 9.17) is 27.6 Å². The molecular weight excluding hydrogens is 511 g/mol. The van der Waals surface area contributed by atoms with Gasteiger partial charge in [0, 0.05) is 32.7 Å². The fraction of sp³-hybridized carbons (Fsp3) is 0.250. The van der Waals surface area contributed by atoms with Gasteiger partial charge in [0.05, 0.1) is 28.7 Å². The zero-order chi connectivity index (χ0) is 25.2. The molecule has 4 rings (SSSR count).